The van der Waals surface area contributed by atoms with Crippen LogP contribution in [0.25, 0.3) is 16.9 Å². The van der Waals surface area contributed by atoms with Crippen LogP contribution in [-0.2, 0) is 12.7 Å². The number of halogens is 3. The number of fused-ring (bicyclic) bond motifs is 1. The number of aromatic nitrogens is 3. The summed E-state index contributed by atoms with van der Waals surface area (Å²) in [6.07, 6.45) is -3.50. The second kappa shape index (κ2) is 10.0. The molecule has 0 unspecified atom stereocenters. The highest BCUT2D eigenvalue weighted by molar-refractivity contribution is 7.08. The van der Waals surface area contributed by atoms with Gasteiger partial charge in [-0.1, -0.05) is 0 Å². The van der Waals surface area contributed by atoms with E-state index in [4.69, 9.17) is 4.74 Å². The van der Waals surface area contributed by atoms with Crippen LogP contribution in [0.2, 0.25) is 0 Å². The van der Waals surface area contributed by atoms with Gasteiger partial charge in [0.25, 0.3) is 5.91 Å². The standard InChI is InChI=1S/C27H28F3N5O2S/c1-16-14-38-15-20(16)13-33-9-10-34(17(2)12-33)26(36)22-11-31-35-24(27(28,29)30)18(3)23(32-25(22)35)19-5-7-21(37-4)8-6-19/h5-8,11,14-15,17H,9-10,12-13H2,1-4H3/t17-/m1/s1. The molecule has 0 spiro atoms. The molecule has 1 atom stereocenters. The number of nitrogens with zero attached hydrogens (tertiary/aromatic N) is 5. The highest BCUT2D eigenvalue weighted by Crippen LogP contribution is 2.37. The lowest BCUT2D eigenvalue weighted by Gasteiger charge is -2.39. The molecule has 3 aromatic heterocycles. The molecule has 200 valence electrons. The maximum atomic E-state index is 14.2. The van der Waals surface area contributed by atoms with Crippen LogP contribution in [0.15, 0.2) is 41.2 Å². The topological polar surface area (TPSA) is 63.0 Å². The third kappa shape index (κ3) is 4.76. The Labute approximate surface area is 222 Å². The Kier molecular flexibility index (Phi) is 6.91. The third-order valence-corrected chi connectivity index (χ3v) is 7.98. The molecule has 1 aliphatic rings. The van der Waals surface area contributed by atoms with Crippen molar-refractivity contribution in [2.24, 2.45) is 0 Å². The van der Waals surface area contributed by atoms with E-state index in [-0.39, 0.29) is 34.4 Å². The summed E-state index contributed by atoms with van der Waals surface area (Å²) in [7, 11) is 1.51. The van der Waals surface area contributed by atoms with Crippen LogP contribution in [0.4, 0.5) is 13.2 Å². The minimum atomic E-state index is -4.70. The summed E-state index contributed by atoms with van der Waals surface area (Å²) in [4.78, 5) is 22.2. The quantitative estimate of drug-likeness (QED) is 0.335. The van der Waals surface area contributed by atoms with Gasteiger partial charge in [-0.15, -0.1) is 0 Å². The van der Waals surface area contributed by atoms with E-state index in [2.05, 4.69) is 32.7 Å². The first-order chi connectivity index (χ1) is 18.1. The first-order valence-corrected chi connectivity index (χ1v) is 13.2. The maximum Gasteiger partial charge on any atom is 0.433 e. The van der Waals surface area contributed by atoms with Crippen LogP contribution in [0.3, 0.4) is 0 Å². The summed E-state index contributed by atoms with van der Waals surface area (Å²) in [6.45, 7) is 8.01. The molecule has 1 aromatic carbocycles. The van der Waals surface area contributed by atoms with Gasteiger partial charge in [-0.3, -0.25) is 9.69 Å². The number of aryl methyl sites for hydroxylation is 1. The van der Waals surface area contributed by atoms with E-state index in [1.165, 1.54) is 31.4 Å². The second-order valence-corrected chi connectivity index (χ2v) is 10.4. The molecule has 7 nitrogen and oxygen atoms in total. The number of hydrogen-bond donors (Lipinski definition) is 0. The molecule has 0 radical (unpaired) electrons. The second-order valence-electron chi connectivity index (χ2n) is 9.62. The average molecular weight is 544 g/mol. The van der Waals surface area contributed by atoms with Crippen molar-refractivity contribution in [1.29, 1.82) is 0 Å². The highest BCUT2D eigenvalue weighted by Gasteiger charge is 2.39. The number of carbonyl (C=O) groups excluding carboxylic acids is 1. The number of rotatable bonds is 5. The van der Waals surface area contributed by atoms with Crippen molar-refractivity contribution in [1.82, 2.24) is 24.4 Å². The Hall–Kier alpha value is -3.44. The molecular weight excluding hydrogens is 515 g/mol. The van der Waals surface area contributed by atoms with E-state index in [9.17, 15) is 18.0 Å². The summed E-state index contributed by atoms with van der Waals surface area (Å²) in [6, 6.07) is 6.50. The minimum absolute atomic E-state index is 0.0549. The molecule has 1 fully saturated rings. The summed E-state index contributed by atoms with van der Waals surface area (Å²) in [5.41, 5.74) is 2.09. The molecule has 4 heterocycles. The fourth-order valence-electron chi connectivity index (χ4n) is 5.01. The number of thiophene rings is 1. The largest absolute Gasteiger partial charge is 0.497 e. The van der Waals surface area contributed by atoms with E-state index in [1.54, 1.807) is 40.5 Å². The average Bonchev–Trinajstić information content (AvgIpc) is 3.48. The molecule has 4 aromatic rings. The number of benzene rings is 1. The lowest BCUT2D eigenvalue weighted by atomic mass is 10.0. The molecule has 11 heteroatoms. The molecule has 0 bridgehead atoms. The van der Waals surface area contributed by atoms with Crippen LogP contribution in [-0.4, -0.2) is 63.1 Å². The predicted octanol–water partition coefficient (Wildman–Crippen LogP) is 5.45. The summed E-state index contributed by atoms with van der Waals surface area (Å²) in [5, 5.41) is 8.24. The molecule has 38 heavy (non-hydrogen) atoms. The SMILES string of the molecule is COc1ccc(-c2nc3c(C(=O)N4CCN(Cc5cscc5C)C[C@H]4C)cnn3c(C(F)(F)F)c2C)cc1. The van der Waals surface area contributed by atoms with Gasteiger partial charge in [0.2, 0.25) is 0 Å². The van der Waals surface area contributed by atoms with E-state index in [0.29, 0.717) is 30.9 Å². The van der Waals surface area contributed by atoms with Gasteiger partial charge < -0.3 is 9.64 Å². The molecule has 0 aliphatic carbocycles. The van der Waals surface area contributed by atoms with Gasteiger partial charge in [-0.05, 0) is 66.9 Å². The van der Waals surface area contributed by atoms with Crippen LogP contribution in [0.5, 0.6) is 5.75 Å². The van der Waals surface area contributed by atoms with Crippen molar-refractivity contribution >= 4 is 22.9 Å². The van der Waals surface area contributed by atoms with E-state index < -0.39 is 11.9 Å². The number of carbonyl (C=O) groups is 1. The van der Waals surface area contributed by atoms with Crippen molar-refractivity contribution in [3.8, 4) is 17.0 Å². The molecule has 5 rings (SSSR count). The van der Waals surface area contributed by atoms with Gasteiger partial charge in [0.15, 0.2) is 11.3 Å². The van der Waals surface area contributed by atoms with Crippen LogP contribution < -0.4 is 4.74 Å². The maximum absolute atomic E-state index is 14.2. The lowest BCUT2D eigenvalue weighted by Crippen LogP contribution is -2.53. The van der Waals surface area contributed by atoms with Gasteiger partial charge in [0.05, 0.1) is 19.0 Å². The third-order valence-electron chi connectivity index (χ3n) is 7.07. The van der Waals surface area contributed by atoms with Gasteiger partial charge in [0.1, 0.15) is 11.3 Å². The first-order valence-electron chi connectivity index (χ1n) is 12.2. The van der Waals surface area contributed by atoms with Crippen molar-refractivity contribution in [3.05, 3.63) is 69.2 Å². The van der Waals surface area contributed by atoms with E-state index >= 15 is 0 Å². The Morgan fingerprint density at radius 2 is 1.89 bits per heavy atom. The number of amides is 1. The zero-order chi connectivity index (χ0) is 27.2. The van der Waals surface area contributed by atoms with E-state index in [0.717, 1.165) is 11.1 Å². The fraction of sp³-hybridized carbons (Fsp3) is 0.370. The molecule has 1 aliphatic heterocycles. The molecular formula is C27H28F3N5O2S. The normalized spacial score (nSPS) is 16.8. The first kappa shape index (κ1) is 26.2. The zero-order valence-electron chi connectivity index (χ0n) is 21.5. The van der Waals surface area contributed by atoms with Crippen LogP contribution >= 0.6 is 11.3 Å². The van der Waals surface area contributed by atoms with Crippen molar-refractivity contribution in [2.45, 2.75) is 39.5 Å². The summed E-state index contributed by atoms with van der Waals surface area (Å²) in [5.74, 6) is 0.204. The summed E-state index contributed by atoms with van der Waals surface area (Å²) < 4.78 is 48.6. The smallest absolute Gasteiger partial charge is 0.433 e. The Morgan fingerprint density at radius 3 is 2.50 bits per heavy atom. The van der Waals surface area contributed by atoms with Crippen LogP contribution in [0.1, 0.15) is 39.7 Å². The van der Waals surface area contributed by atoms with Gasteiger partial charge >= 0.3 is 6.18 Å². The number of piperazine rings is 1. The molecule has 0 saturated carbocycles. The minimum Gasteiger partial charge on any atom is -0.497 e. The number of hydrogen-bond acceptors (Lipinski definition) is 6. The molecule has 0 N–H and O–H groups in total. The monoisotopic (exact) mass is 543 g/mol. The van der Waals surface area contributed by atoms with Crippen molar-refractivity contribution in [2.75, 3.05) is 26.7 Å². The van der Waals surface area contributed by atoms with Crippen LogP contribution in [0, 0.1) is 13.8 Å². The van der Waals surface area contributed by atoms with Gasteiger partial charge in [-0.2, -0.15) is 29.6 Å². The van der Waals surface area contributed by atoms with E-state index in [1.807, 2.05) is 6.92 Å². The van der Waals surface area contributed by atoms with Gasteiger partial charge in [0, 0.05) is 43.3 Å². The van der Waals surface area contributed by atoms with Crippen molar-refractivity contribution in [3.63, 3.8) is 0 Å². The number of alkyl halides is 3. The zero-order valence-corrected chi connectivity index (χ0v) is 22.4. The molecule has 1 saturated heterocycles. The highest BCUT2D eigenvalue weighted by atomic mass is 32.1. The Bertz CT molecular complexity index is 1480. The van der Waals surface area contributed by atoms with Gasteiger partial charge in [-0.25, -0.2) is 9.50 Å². The number of methoxy groups -OCH3 is 1. The molecule has 1 amide bonds. The van der Waals surface area contributed by atoms with Crippen molar-refractivity contribution < 1.29 is 22.7 Å². The fourth-order valence-corrected chi connectivity index (χ4v) is 5.86. The lowest BCUT2D eigenvalue weighted by molar-refractivity contribution is -0.143. The number of ether oxygens (including phenoxy) is 1. The Balaban J connectivity index is 1.49. The summed E-state index contributed by atoms with van der Waals surface area (Å²) >= 11 is 1.67. The Morgan fingerprint density at radius 1 is 1.16 bits per heavy atom. The predicted molar refractivity (Wildman–Crippen MR) is 140 cm³/mol.